The molecule has 1 aliphatic heterocycles. The molecule has 0 aliphatic carbocycles. The third kappa shape index (κ3) is 1.59. The molecule has 78 valence electrons. The van der Waals surface area contributed by atoms with Crippen molar-refractivity contribution in [3.8, 4) is 0 Å². The van der Waals surface area contributed by atoms with Gasteiger partial charge in [0.2, 0.25) is 0 Å². The standard InChI is InChI=1S/C11H12N2OS/c14-9-1-3-13-6-10(12-11(13)5-9)8-2-4-15-7-8/h1,3,5-6,8,12H,2,4,7H2. The smallest absolute Gasteiger partial charge is 0.183 e. The van der Waals surface area contributed by atoms with Gasteiger partial charge in [-0.15, -0.1) is 0 Å². The van der Waals surface area contributed by atoms with E-state index in [-0.39, 0.29) is 5.43 Å². The number of thioether (sulfide) groups is 1. The van der Waals surface area contributed by atoms with Crippen LogP contribution in [-0.2, 0) is 0 Å². The van der Waals surface area contributed by atoms with E-state index in [1.54, 1.807) is 12.1 Å². The van der Waals surface area contributed by atoms with Crippen LogP contribution in [0.4, 0.5) is 0 Å². The predicted molar refractivity (Wildman–Crippen MR) is 62.7 cm³/mol. The monoisotopic (exact) mass is 220 g/mol. The molecule has 0 bridgehead atoms. The SMILES string of the molecule is O=c1ccn2cc(C3CCSC3)[nH]c2c1. The highest BCUT2D eigenvalue weighted by molar-refractivity contribution is 7.99. The topological polar surface area (TPSA) is 37.3 Å². The van der Waals surface area contributed by atoms with Gasteiger partial charge in [-0.05, 0) is 12.2 Å². The van der Waals surface area contributed by atoms with Gasteiger partial charge in [0.05, 0.1) is 0 Å². The fourth-order valence-electron chi connectivity index (χ4n) is 2.02. The number of nitrogens with one attached hydrogen (secondary N) is 1. The van der Waals surface area contributed by atoms with E-state index in [2.05, 4.69) is 11.2 Å². The van der Waals surface area contributed by atoms with Crippen molar-refractivity contribution in [2.24, 2.45) is 0 Å². The second-order valence-corrected chi connectivity index (χ2v) is 5.07. The van der Waals surface area contributed by atoms with Crippen molar-refractivity contribution in [2.45, 2.75) is 12.3 Å². The average Bonchev–Trinajstić information content (AvgIpc) is 2.84. The van der Waals surface area contributed by atoms with Gasteiger partial charge in [0.1, 0.15) is 5.65 Å². The summed E-state index contributed by atoms with van der Waals surface area (Å²) in [7, 11) is 0. The number of hydrogen-bond donors (Lipinski definition) is 1. The number of fused-ring (bicyclic) bond motifs is 1. The number of hydrogen-bond acceptors (Lipinski definition) is 2. The molecule has 1 saturated heterocycles. The summed E-state index contributed by atoms with van der Waals surface area (Å²) in [6.45, 7) is 0. The molecule has 0 saturated carbocycles. The Morgan fingerprint density at radius 2 is 2.47 bits per heavy atom. The van der Waals surface area contributed by atoms with Crippen LogP contribution in [0.5, 0.6) is 0 Å². The molecule has 2 aromatic heterocycles. The lowest BCUT2D eigenvalue weighted by Crippen LogP contribution is -1.97. The van der Waals surface area contributed by atoms with Crippen LogP contribution < -0.4 is 5.43 Å². The summed E-state index contributed by atoms with van der Waals surface area (Å²) in [6.07, 6.45) is 5.16. The van der Waals surface area contributed by atoms with Crippen molar-refractivity contribution in [3.05, 3.63) is 40.4 Å². The van der Waals surface area contributed by atoms with E-state index in [1.807, 2.05) is 22.4 Å². The first kappa shape index (κ1) is 9.09. The van der Waals surface area contributed by atoms with Gasteiger partial charge in [-0.1, -0.05) is 0 Å². The molecule has 0 aromatic carbocycles. The summed E-state index contributed by atoms with van der Waals surface area (Å²) in [5.74, 6) is 3.07. The Morgan fingerprint density at radius 3 is 3.27 bits per heavy atom. The van der Waals surface area contributed by atoms with E-state index in [4.69, 9.17) is 0 Å². The molecule has 4 heteroatoms. The lowest BCUT2D eigenvalue weighted by molar-refractivity contribution is 0.759. The van der Waals surface area contributed by atoms with Gasteiger partial charge in [0.25, 0.3) is 0 Å². The predicted octanol–water partition coefficient (Wildman–Crippen LogP) is 1.85. The average molecular weight is 220 g/mol. The van der Waals surface area contributed by atoms with Crippen LogP contribution in [0, 0.1) is 0 Å². The Bertz CT molecular complexity index is 537. The molecule has 2 aromatic rings. The molecule has 1 atom stereocenters. The van der Waals surface area contributed by atoms with Gasteiger partial charge in [0, 0.05) is 41.9 Å². The second-order valence-electron chi connectivity index (χ2n) is 3.92. The molecule has 1 unspecified atom stereocenters. The van der Waals surface area contributed by atoms with E-state index >= 15 is 0 Å². The van der Waals surface area contributed by atoms with Crippen LogP contribution in [0.15, 0.2) is 29.3 Å². The summed E-state index contributed by atoms with van der Waals surface area (Å²) >= 11 is 2.00. The highest BCUT2D eigenvalue weighted by atomic mass is 32.2. The maximum absolute atomic E-state index is 11.2. The van der Waals surface area contributed by atoms with Crippen molar-refractivity contribution in [1.82, 2.24) is 9.38 Å². The highest BCUT2D eigenvalue weighted by Crippen LogP contribution is 2.31. The summed E-state index contributed by atoms with van der Waals surface area (Å²) in [5, 5.41) is 0. The molecule has 1 aliphatic rings. The van der Waals surface area contributed by atoms with Crippen LogP contribution in [0.2, 0.25) is 0 Å². The normalized spacial score (nSPS) is 21.2. The zero-order valence-corrected chi connectivity index (χ0v) is 9.09. The van der Waals surface area contributed by atoms with E-state index in [0.29, 0.717) is 5.92 Å². The van der Waals surface area contributed by atoms with Crippen molar-refractivity contribution >= 4 is 17.4 Å². The second kappa shape index (κ2) is 3.45. The number of nitrogens with zero attached hydrogens (tertiary/aromatic N) is 1. The van der Waals surface area contributed by atoms with Gasteiger partial charge in [-0.2, -0.15) is 11.8 Å². The molecule has 3 heterocycles. The molecule has 0 amide bonds. The first-order chi connectivity index (χ1) is 7.33. The van der Waals surface area contributed by atoms with Crippen LogP contribution in [0.25, 0.3) is 5.65 Å². The Morgan fingerprint density at radius 1 is 1.53 bits per heavy atom. The minimum atomic E-state index is 0.0594. The van der Waals surface area contributed by atoms with Crippen molar-refractivity contribution in [3.63, 3.8) is 0 Å². The first-order valence-electron chi connectivity index (χ1n) is 5.11. The van der Waals surface area contributed by atoms with Crippen LogP contribution >= 0.6 is 11.8 Å². The van der Waals surface area contributed by atoms with Crippen molar-refractivity contribution < 1.29 is 0 Å². The van der Waals surface area contributed by atoms with Crippen LogP contribution in [-0.4, -0.2) is 20.9 Å². The van der Waals surface area contributed by atoms with E-state index in [1.165, 1.54) is 23.6 Å². The minimum absolute atomic E-state index is 0.0594. The molecule has 1 fully saturated rings. The lowest BCUT2D eigenvalue weighted by atomic mass is 10.1. The van der Waals surface area contributed by atoms with Gasteiger partial charge in [-0.25, -0.2) is 0 Å². The third-order valence-electron chi connectivity index (χ3n) is 2.88. The van der Waals surface area contributed by atoms with Crippen LogP contribution in [0.3, 0.4) is 0 Å². The van der Waals surface area contributed by atoms with E-state index < -0.39 is 0 Å². The van der Waals surface area contributed by atoms with Crippen molar-refractivity contribution in [1.29, 1.82) is 0 Å². The lowest BCUT2D eigenvalue weighted by Gasteiger charge is -2.02. The number of pyridine rings is 1. The Hall–Kier alpha value is -1.16. The summed E-state index contributed by atoms with van der Waals surface area (Å²) < 4.78 is 1.99. The Kier molecular flexibility index (Phi) is 2.09. The van der Waals surface area contributed by atoms with E-state index in [9.17, 15) is 4.79 Å². The number of rotatable bonds is 1. The fourth-order valence-corrected chi connectivity index (χ4v) is 3.27. The maximum atomic E-state index is 11.2. The number of imidazole rings is 1. The molecule has 15 heavy (non-hydrogen) atoms. The third-order valence-corrected chi connectivity index (χ3v) is 4.04. The fraction of sp³-hybridized carbons (Fsp3) is 0.364. The summed E-state index contributed by atoms with van der Waals surface area (Å²) in [6, 6.07) is 3.24. The maximum Gasteiger partial charge on any atom is 0.183 e. The zero-order chi connectivity index (χ0) is 10.3. The zero-order valence-electron chi connectivity index (χ0n) is 8.27. The number of aromatic amines is 1. The Balaban J connectivity index is 2.09. The summed E-state index contributed by atoms with van der Waals surface area (Å²) in [4.78, 5) is 14.5. The molecular formula is C11H12N2OS. The molecular weight excluding hydrogens is 208 g/mol. The Labute approximate surface area is 91.5 Å². The quantitative estimate of drug-likeness (QED) is 0.796. The van der Waals surface area contributed by atoms with Gasteiger partial charge < -0.3 is 9.38 Å². The number of H-pyrrole nitrogens is 1. The van der Waals surface area contributed by atoms with Crippen molar-refractivity contribution in [2.75, 3.05) is 11.5 Å². The van der Waals surface area contributed by atoms with Gasteiger partial charge in [-0.3, -0.25) is 4.79 Å². The largest absolute Gasteiger partial charge is 0.343 e. The van der Waals surface area contributed by atoms with Gasteiger partial charge in [0.15, 0.2) is 5.43 Å². The molecule has 0 radical (unpaired) electrons. The highest BCUT2D eigenvalue weighted by Gasteiger charge is 2.19. The molecule has 3 nitrogen and oxygen atoms in total. The molecule has 3 rings (SSSR count). The summed E-state index contributed by atoms with van der Waals surface area (Å²) in [5.41, 5.74) is 2.21. The molecule has 1 N–H and O–H groups in total. The molecule has 0 spiro atoms. The first-order valence-corrected chi connectivity index (χ1v) is 6.27. The van der Waals surface area contributed by atoms with E-state index in [0.717, 1.165) is 5.65 Å². The number of aromatic nitrogens is 2. The van der Waals surface area contributed by atoms with Crippen LogP contribution in [0.1, 0.15) is 18.0 Å². The van der Waals surface area contributed by atoms with Gasteiger partial charge >= 0.3 is 0 Å². The minimum Gasteiger partial charge on any atom is -0.343 e.